The van der Waals surface area contributed by atoms with Crippen molar-refractivity contribution in [3.8, 4) is 0 Å². The van der Waals surface area contributed by atoms with Gasteiger partial charge >= 0.3 is 0 Å². The zero-order chi connectivity index (χ0) is 18.6. The number of hydrogen-bond acceptors (Lipinski definition) is 6. The van der Waals surface area contributed by atoms with Gasteiger partial charge in [0.2, 0.25) is 0 Å². The summed E-state index contributed by atoms with van der Waals surface area (Å²) in [6, 6.07) is 16.2. The van der Waals surface area contributed by atoms with Gasteiger partial charge in [-0.2, -0.15) is 0 Å². The summed E-state index contributed by atoms with van der Waals surface area (Å²) >= 11 is 11.1. The van der Waals surface area contributed by atoms with Gasteiger partial charge in [0.05, 0.1) is 16.0 Å². The normalized spacial score (nSPS) is 11.3. The Kier molecular flexibility index (Phi) is 6.02. The lowest BCUT2D eigenvalue weighted by molar-refractivity contribution is 0.659. The van der Waals surface area contributed by atoms with Crippen LogP contribution in [0.4, 0.5) is 0 Å². The second-order valence-electron chi connectivity index (χ2n) is 5.79. The number of halogens is 1. The van der Waals surface area contributed by atoms with Gasteiger partial charge in [0.15, 0.2) is 9.50 Å². The lowest BCUT2D eigenvalue weighted by Gasteiger charge is -2.06. The van der Waals surface area contributed by atoms with Crippen LogP contribution in [0.1, 0.15) is 18.3 Å². The third-order valence-corrected chi connectivity index (χ3v) is 7.46. The molecule has 8 heteroatoms. The molecule has 4 aromatic rings. The molecule has 4 nitrogen and oxygen atoms in total. The molecule has 0 aliphatic carbocycles. The largest absolute Gasteiger partial charge is 0.306 e. The van der Waals surface area contributed by atoms with Gasteiger partial charge in [-0.25, -0.2) is 4.98 Å². The van der Waals surface area contributed by atoms with Crippen molar-refractivity contribution in [3.63, 3.8) is 0 Å². The zero-order valence-corrected chi connectivity index (χ0v) is 17.8. The number of thiazole rings is 1. The molecule has 0 aliphatic heterocycles. The summed E-state index contributed by atoms with van der Waals surface area (Å²) in [5.74, 6) is 2.60. The average molecular weight is 433 g/mol. The number of nitrogens with zero attached hydrogens (tertiary/aromatic N) is 4. The van der Waals surface area contributed by atoms with E-state index in [0.29, 0.717) is 0 Å². The molecule has 0 N–H and O–H groups in total. The molecule has 0 fully saturated rings. The summed E-state index contributed by atoms with van der Waals surface area (Å²) in [5, 5.41) is 10.5. The van der Waals surface area contributed by atoms with Gasteiger partial charge in [-0.05, 0) is 36.8 Å². The fourth-order valence-corrected chi connectivity index (χ4v) is 5.73. The van der Waals surface area contributed by atoms with Crippen molar-refractivity contribution in [2.75, 3.05) is 0 Å². The van der Waals surface area contributed by atoms with E-state index >= 15 is 0 Å². The first kappa shape index (κ1) is 18.8. The van der Waals surface area contributed by atoms with E-state index in [2.05, 4.69) is 38.8 Å². The molecule has 4 rings (SSSR count). The van der Waals surface area contributed by atoms with Gasteiger partial charge < -0.3 is 4.57 Å². The lowest BCUT2D eigenvalue weighted by Crippen LogP contribution is -2.02. The van der Waals surface area contributed by atoms with Crippen LogP contribution in [-0.2, 0) is 18.1 Å². The quantitative estimate of drug-likeness (QED) is 0.328. The van der Waals surface area contributed by atoms with Crippen LogP contribution in [0.25, 0.3) is 10.2 Å². The first-order chi connectivity index (χ1) is 13.2. The molecule has 2 aromatic carbocycles. The second kappa shape index (κ2) is 8.65. The van der Waals surface area contributed by atoms with Crippen molar-refractivity contribution in [1.29, 1.82) is 0 Å². The number of fused-ring (bicyclic) bond motifs is 1. The van der Waals surface area contributed by atoms with Crippen LogP contribution in [0.5, 0.6) is 0 Å². The minimum atomic E-state index is 0.759. The summed E-state index contributed by atoms with van der Waals surface area (Å²) in [7, 11) is 0. The second-order valence-corrected chi connectivity index (χ2v) is 9.43. The molecule has 0 aliphatic rings. The minimum Gasteiger partial charge on any atom is -0.306 e. The van der Waals surface area contributed by atoms with E-state index in [1.165, 1.54) is 10.3 Å². The topological polar surface area (TPSA) is 43.6 Å². The van der Waals surface area contributed by atoms with E-state index in [1.807, 2.05) is 36.4 Å². The first-order valence-corrected chi connectivity index (χ1v) is 11.7. The Morgan fingerprint density at radius 1 is 1.00 bits per heavy atom. The SMILES string of the molecule is CCn1c(CSc2nc3ccccc3s2)nnc1SCc1ccc(Cl)cc1. The summed E-state index contributed by atoms with van der Waals surface area (Å²) in [6.45, 7) is 2.98. The van der Waals surface area contributed by atoms with Crippen LogP contribution in [0.3, 0.4) is 0 Å². The van der Waals surface area contributed by atoms with Gasteiger partial charge in [-0.3, -0.25) is 0 Å². The summed E-state index contributed by atoms with van der Waals surface area (Å²) in [4.78, 5) is 4.68. The van der Waals surface area contributed by atoms with Gasteiger partial charge in [0, 0.05) is 17.3 Å². The van der Waals surface area contributed by atoms with Crippen LogP contribution in [-0.4, -0.2) is 19.7 Å². The molecule has 2 heterocycles. The highest BCUT2D eigenvalue weighted by atomic mass is 35.5. The summed E-state index contributed by atoms with van der Waals surface area (Å²) in [6.07, 6.45) is 0. The molecule has 0 saturated carbocycles. The molecule has 27 heavy (non-hydrogen) atoms. The number of aromatic nitrogens is 4. The van der Waals surface area contributed by atoms with Gasteiger partial charge in [-0.1, -0.05) is 59.4 Å². The van der Waals surface area contributed by atoms with E-state index in [9.17, 15) is 0 Å². The average Bonchev–Trinajstić information content (AvgIpc) is 3.28. The van der Waals surface area contributed by atoms with E-state index < -0.39 is 0 Å². The van der Waals surface area contributed by atoms with Crippen molar-refractivity contribution in [2.45, 2.75) is 34.5 Å². The van der Waals surface area contributed by atoms with E-state index in [0.717, 1.165) is 43.9 Å². The molecule has 0 atom stereocenters. The molecular formula is C19H17ClN4S3. The van der Waals surface area contributed by atoms with Crippen LogP contribution >= 0.6 is 46.5 Å². The Bertz CT molecular complexity index is 1010. The molecule has 138 valence electrons. The molecule has 0 amide bonds. The van der Waals surface area contributed by atoms with Gasteiger partial charge in [-0.15, -0.1) is 21.5 Å². The fourth-order valence-electron chi connectivity index (χ4n) is 2.62. The van der Waals surface area contributed by atoms with Crippen molar-refractivity contribution < 1.29 is 0 Å². The van der Waals surface area contributed by atoms with Gasteiger partial charge in [0.25, 0.3) is 0 Å². The molecule has 0 spiro atoms. The molecule has 0 unspecified atom stereocenters. The first-order valence-electron chi connectivity index (χ1n) is 8.50. The number of para-hydroxylation sites is 1. The Hall–Kier alpha value is -1.54. The van der Waals surface area contributed by atoms with Crippen LogP contribution in [0.2, 0.25) is 5.02 Å². The highest BCUT2D eigenvalue weighted by Crippen LogP contribution is 2.32. The fraction of sp³-hybridized carbons (Fsp3) is 0.211. The molecule has 0 radical (unpaired) electrons. The number of hydrogen-bond donors (Lipinski definition) is 0. The molecule has 0 saturated heterocycles. The predicted molar refractivity (Wildman–Crippen MR) is 116 cm³/mol. The van der Waals surface area contributed by atoms with Crippen molar-refractivity contribution in [1.82, 2.24) is 19.7 Å². The zero-order valence-electron chi connectivity index (χ0n) is 14.6. The number of thioether (sulfide) groups is 2. The monoisotopic (exact) mass is 432 g/mol. The predicted octanol–water partition coefficient (Wildman–Crippen LogP) is 6.15. The highest BCUT2D eigenvalue weighted by Gasteiger charge is 2.13. The van der Waals surface area contributed by atoms with Crippen molar-refractivity contribution >= 4 is 56.7 Å². The van der Waals surface area contributed by atoms with Crippen LogP contribution in [0, 0.1) is 0 Å². The maximum atomic E-state index is 5.95. The standard InChI is InChI=1S/C19H17ClN4S3/c1-2-24-17(12-26-19-21-15-5-3-4-6-16(15)27-19)22-23-18(24)25-11-13-7-9-14(20)10-8-13/h3-10H,2,11-12H2,1H3. The highest BCUT2D eigenvalue weighted by molar-refractivity contribution is 8.00. The Morgan fingerprint density at radius 2 is 1.81 bits per heavy atom. The van der Waals surface area contributed by atoms with E-state index in [4.69, 9.17) is 11.6 Å². The van der Waals surface area contributed by atoms with E-state index in [1.54, 1.807) is 34.9 Å². The van der Waals surface area contributed by atoms with Crippen LogP contribution < -0.4 is 0 Å². The molecule has 2 aromatic heterocycles. The third kappa shape index (κ3) is 4.48. The lowest BCUT2D eigenvalue weighted by atomic mass is 10.2. The Morgan fingerprint density at radius 3 is 2.59 bits per heavy atom. The maximum Gasteiger partial charge on any atom is 0.191 e. The van der Waals surface area contributed by atoms with Crippen molar-refractivity contribution in [2.24, 2.45) is 0 Å². The van der Waals surface area contributed by atoms with Gasteiger partial charge in [0.1, 0.15) is 5.82 Å². The van der Waals surface area contributed by atoms with E-state index in [-0.39, 0.29) is 0 Å². The minimum absolute atomic E-state index is 0.759. The molecular weight excluding hydrogens is 416 g/mol. The smallest absolute Gasteiger partial charge is 0.191 e. The Labute approximate surface area is 175 Å². The Balaban J connectivity index is 1.43. The number of benzene rings is 2. The summed E-state index contributed by atoms with van der Waals surface area (Å²) in [5.41, 5.74) is 2.28. The third-order valence-electron chi connectivity index (χ3n) is 3.99. The maximum absolute atomic E-state index is 5.95. The summed E-state index contributed by atoms with van der Waals surface area (Å²) < 4.78 is 4.47. The molecule has 0 bridgehead atoms. The number of rotatable bonds is 7. The van der Waals surface area contributed by atoms with Crippen molar-refractivity contribution in [3.05, 3.63) is 64.9 Å². The van der Waals surface area contributed by atoms with Crippen LogP contribution in [0.15, 0.2) is 58.0 Å².